The number of benzene rings is 1. The molecule has 1 aromatic carbocycles. The van der Waals surface area contributed by atoms with Crippen molar-refractivity contribution in [1.29, 1.82) is 0 Å². The van der Waals surface area contributed by atoms with Gasteiger partial charge in [-0.1, -0.05) is 0 Å². The molecule has 0 bridgehead atoms. The summed E-state index contributed by atoms with van der Waals surface area (Å²) in [4.78, 5) is 14.4. The Morgan fingerprint density at radius 3 is 2.23 bits per heavy atom. The molecule has 0 aliphatic heterocycles. The molecule has 5 heteroatoms. The average Bonchev–Trinajstić information content (AvgIpc) is 2.19. The van der Waals surface area contributed by atoms with E-state index in [-0.39, 0.29) is 0 Å². The molecule has 13 heavy (non-hydrogen) atoms. The molecule has 0 aliphatic carbocycles. The van der Waals surface area contributed by atoms with E-state index in [4.69, 9.17) is 4.74 Å². The number of rotatable bonds is 2. The molecule has 5 nitrogen and oxygen atoms in total. The van der Waals surface area contributed by atoms with E-state index in [1.165, 1.54) is 0 Å². The molecule has 0 heterocycles. The van der Waals surface area contributed by atoms with Crippen LogP contribution in [0.25, 0.3) is 0 Å². The fourth-order valence-electron chi connectivity index (χ4n) is 0.764. The van der Waals surface area contributed by atoms with Gasteiger partial charge in [0, 0.05) is 0 Å². The first-order valence-electron chi connectivity index (χ1n) is 3.49. The van der Waals surface area contributed by atoms with Crippen LogP contribution in [0.2, 0.25) is 0 Å². The molecule has 0 atom stereocenters. The highest BCUT2D eigenvalue weighted by Crippen LogP contribution is 2.16. The largest absolute Gasteiger partial charge is 0.533 e. The monoisotopic (exact) mass is 183 g/mol. The van der Waals surface area contributed by atoms with E-state index in [1.807, 2.05) is 0 Å². The van der Waals surface area contributed by atoms with Crippen LogP contribution in [0, 0.1) is 0 Å². The Morgan fingerprint density at radius 2 is 1.77 bits per heavy atom. The van der Waals surface area contributed by atoms with Gasteiger partial charge in [-0.05, 0) is 24.3 Å². The first-order chi connectivity index (χ1) is 6.26. The highest BCUT2D eigenvalue weighted by atomic mass is 16.8. The summed E-state index contributed by atoms with van der Waals surface area (Å²) in [5.41, 5.74) is 0. The quantitative estimate of drug-likeness (QED) is 0.422. The molecule has 2 N–H and O–H groups in total. The van der Waals surface area contributed by atoms with Crippen LogP contribution >= 0.6 is 0 Å². The molecule has 70 valence electrons. The van der Waals surface area contributed by atoms with Gasteiger partial charge in [-0.3, -0.25) is 0 Å². The van der Waals surface area contributed by atoms with Crippen molar-refractivity contribution >= 4 is 6.16 Å². The molecule has 0 radical (unpaired) electrons. The number of ether oxygens (including phenoxy) is 2. The third kappa shape index (κ3) is 2.64. The normalized spacial score (nSPS) is 9.08. The van der Waals surface area contributed by atoms with Crippen molar-refractivity contribution in [3.63, 3.8) is 0 Å². The van der Waals surface area contributed by atoms with Crippen molar-refractivity contribution in [1.82, 2.24) is 0 Å². The first kappa shape index (κ1) is 9.34. The zero-order chi connectivity index (χ0) is 9.68. The Kier molecular flexibility index (Phi) is 3.10. The van der Waals surface area contributed by atoms with Crippen LogP contribution < -0.4 is 15.4 Å². The van der Waals surface area contributed by atoms with Gasteiger partial charge in [0.15, 0.2) is 0 Å². The Hall–Kier alpha value is -1.75. The summed E-state index contributed by atoms with van der Waals surface area (Å²) in [6.45, 7) is 0. The third-order valence-electron chi connectivity index (χ3n) is 1.36. The lowest BCUT2D eigenvalue weighted by Gasteiger charge is -2.02. The van der Waals surface area contributed by atoms with Crippen LogP contribution in [-0.2, 0) is 4.84 Å². The van der Waals surface area contributed by atoms with Crippen LogP contribution in [0.5, 0.6) is 11.5 Å². The number of carbonyl (C=O) groups excluding carboxylic acids is 1. The maximum atomic E-state index is 10.5. The van der Waals surface area contributed by atoms with Gasteiger partial charge in [0.2, 0.25) is 0 Å². The zero-order valence-electron chi connectivity index (χ0n) is 7.02. The molecule has 1 rings (SSSR count). The van der Waals surface area contributed by atoms with Crippen molar-refractivity contribution in [2.75, 3.05) is 7.11 Å². The summed E-state index contributed by atoms with van der Waals surface area (Å²) in [5, 5.41) is 0. The molecule has 0 fully saturated rings. The highest BCUT2D eigenvalue weighted by molar-refractivity contribution is 5.63. The average molecular weight is 183 g/mol. The Morgan fingerprint density at radius 1 is 1.23 bits per heavy atom. The van der Waals surface area contributed by atoms with Gasteiger partial charge < -0.3 is 14.3 Å². The Bertz CT molecular complexity index is 283. The van der Waals surface area contributed by atoms with Crippen molar-refractivity contribution in [3.05, 3.63) is 24.3 Å². The summed E-state index contributed by atoms with van der Waals surface area (Å²) >= 11 is 0. The summed E-state index contributed by atoms with van der Waals surface area (Å²) < 4.78 is 9.53. The van der Waals surface area contributed by atoms with E-state index in [1.54, 1.807) is 31.4 Å². The Balaban J connectivity index is 2.64. The predicted octanol–water partition coefficient (Wildman–Crippen LogP) is 1.08. The second kappa shape index (κ2) is 4.32. The highest BCUT2D eigenvalue weighted by Gasteiger charge is 2.03. The molecule has 0 aliphatic rings. The number of methoxy groups -OCH3 is 1. The lowest BCUT2D eigenvalue weighted by molar-refractivity contribution is 0.0996. The maximum Gasteiger partial charge on any atom is 0.533 e. The lowest BCUT2D eigenvalue weighted by Crippen LogP contribution is -2.14. The zero-order valence-corrected chi connectivity index (χ0v) is 7.02. The van der Waals surface area contributed by atoms with Crippen molar-refractivity contribution in [3.8, 4) is 11.5 Å². The van der Waals surface area contributed by atoms with E-state index < -0.39 is 6.16 Å². The predicted molar refractivity (Wildman–Crippen MR) is 44.3 cm³/mol. The standard InChI is InChI=1S/C8H9NO4/c1-11-6-2-4-7(5-3-6)12-8(10)13-9/h2-5H,9H2,1H3. The third-order valence-corrected chi connectivity index (χ3v) is 1.36. The molecule has 1 aromatic rings. The minimum absolute atomic E-state index is 0.344. The second-order valence-electron chi connectivity index (χ2n) is 2.15. The second-order valence-corrected chi connectivity index (χ2v) is 2.15. The van der Waals surface area contributed by atoms with Crippen molar-refractivity contribution < 1.29 is 19.1 Å². The molecule has 0 spiro atoms. The maximum absolute atomic E-state index is 10.5. The number of nitrogens with two attached hydrogens (primary N) is 1. The van der Waals surface area contributed by atoms with Crippen LogP contribution in [0.1, 0.15) is 0 Å². The van der Waals surface area contributed by atoms with Gasteiger partial charge in [0.05, 0.1) is 7.11 Å². The lowest BCUT2D eigenvalue weighted by atomic mass is 10.3. The molecule has 0 aromatic heterocycles. The summed E-state index contributed by atoms with van der Waals surface area (Å²) in [6.07, 6.45) is -0.954. The summed E-state index contributed by atoms with van der Waals surface area (Å²) in [5.74, 6) is 5.59. The number of hydrogen-bond acceptors (Lipinski definition) is 5. The fourth-order valence-corrected chi connectivity index (χ4v) is 0.764. The van der Waals surface area contributed by atoms with Crippen LogP contribution in [0.15, 0.2) is 24.3 Å². The molecule has 0 amide bonds. The molecule has 0 saturated heterocycles. The van der Waals surface area contributed by atoms with Crippen molar-refractivity contribution in [2.45, 2.75) is 0 Å². The van der Waals surface area contributed by atoms with Gasteiger partial charge in [0.1, 0.15) is 11.5 Å². The van der Waals surface area contributed by atoms with Gasteiger partial charge in [0.25, 0.3) is 0 Å². The minimum Gasteiger partial charge on any atom is -0.497 e. The molecular formula is C8H9NO4. The van der Waals surface area contributed by atoms with E-state index in [0.717, 1.165) is 0 Å². The van der Waals surface area contributed by atoms with E-state index in [2.05, 4.69) is 15.5 Å². The Labute approximate surface area is 75.0 Å². The van der Waals surface area contributed by atoms with Crippen LogP contribution in [0.3, 0.4) is 0 Å². The van der Waals surface area contributed by atoms with Gasteiger partial charge in [-0.2, -0.15) is 5.90 Å². The van der Waals surface area contributed by atoms with E-state index in [9.17, 15) is 4.79 Å². The van der Waals surface area contributed by atoms with Gasteiger partial charge >= 0.3 is 6.16 Å². The minimum atomic E-state index is -0.954. The number of hydrogen-bond donors (Lipinski definition) is 1. The molecular weight excluding hydrogens is 174 g/mol. The summed E-state index contributed by atoms with van der Waals surface area (Å²) in [7, 11) is 1.55. The number of carbonyl (C=O) groups is 1. The first-order valence-corrected chi connectivity index (χ1v) is 3.49. The van der Waals surface area contributed by atoms with Crippen molar-refractivity contribution in [2.24, 2.45) is 5.90 Å². The SMILES string of the molecule is COc1ccc(OC(=O)ON)cc1. The van der Waals surface area contributed by atoms with E-state index >= 15 is 0 Å². The van der Waals surface area contributed by atoms with Crippen LogP contribution in [0.4, 0.5) is 4.79 Å². The van der Waals surface area contributed by atoms with Crippen LogP contribution in [-0.4, -0.2) is 13.3 Å². The molecule has 0 unspecified atom stereocenters. The topological polar surface area (TPSA) is 70.8 Å². The van der Waals surface area contributed by atoms with Gasteiger partial charge in [-0.25, -0.2) is 4.79 Å². The smallest absolute Gasteiger partial charge is 0.497 e. The molecule has 0 saturated carbocycles. The summed E-state index contributed by atoms with van der Waals surface area (Å²) in [6, 6.07) is 6.43. The fraction of sp³-hybridized carbons (Fsp3) is 0.125. The van der Waals surface area contributed by atoms with Gasteiger partial charge in [-0.15, -0.1) is 0 Å². The van der Waals surface area contributed by atoms with E-state index in [0.29, 0.717) is 11.5 Å².